The molecule has 1 aromatic heterocycles. The summed E-state index contributed by atoms with van der Waals surface area (Å²) in [6.45, 7) is 4.32. The van der Waals surface area contributed by atoms with Gasteiger partial charge in [0.25, 0.3) is 0 Å². The van der Waals surface area contributed by atoms with Crippen molar-refractivity contribution in [3.8, 4) is 0 Å². The topological polar surface area (TPSA) is 55.9 Å². The standard InChI is InChI=1S/C13H16F2N4/c1-3-19-11(7-8(2)18-19)13(17-16)12-9(14)5-4-6-10(12)15/h4-7,13,17H,3,16H2,1-2H3. The lowest BCUT2D eigenvalue weighted by Gasteiger charge is -2.18. The number of hydrazine groups is 1. The molecule has 4 nitrogen and oxygen atoms in total. The van der Waals surface area contributed by atoms with E-state index in [2.05, 4.69) is 10.5 Å². The predicted molar refractivity (Wildman–Crippen MR) is 68.2 cm³/mol. The molecular weight excluding hydrogens is 250 g/mol. The summed E-state index contributed by atoms with van der Waals surface area (Å²) in [5.74, 6) is 4.21. The van der Waals surface area contributed by atoms with E-state index < -0.39 is 17.7 Å². The van der Waals surface area contributed by atoms with Crippen LogP contribution in [0.4, 0.5) is 8.78 Å². The Kier molecular flexibility index (Phi) is 3.92. The third-order valence-electron chi connectivity index (χ3n) is 2.98. The van der Waals surface area contributed by atoms with E-state index >= 15 is 0 Å². The maximum Gasteiger partial charge on any atom is 0.131 e. The summed E-state index contributed by atoms with van der Waals surface area (Å²) in [4.78, 5) is 0. The second kappa shape index (κ2) is 5.46. The second-order valence-corrected chi connectivity index (χ2v) is 4.26. The van der Waals surface area contributed by atoms with Crippen LogP contribution in [0.25, 0.3) is 0 Å². The average Bonchev–Trinajstić information content (AvgIpc) is 2.75. The average molecular weight is 266 g/mol. The number of nitrogens with two attached hydrogens (primary N) is 1. The molecule has 6 heteroatoms. The highest BCUT2D eigenvalue weighted by Crippen LogP contribution is 2.26. The van der Waals surface area contributed by atoms with Crippen LogP contribution in [-0.4, -0.2) is 9.78 Å². The van der Waals surface area contributed by atoms with E-state index in [9.17, 15) is 8.78 Å². The molecule has 3 N–H and O–H groups in total. The van der Waals surface area contributed by atoms with Gasteiger partial charge < -0.3 is 0 Å². The number of hydrogen-bond donors (Lipinski definition) is 2. The van der Waals surface area contributed by atoms with E-state index in [1.54, 1.807) is 10.7 Å². The number of nitrogens with zero attached hydrogens (tertiary/aromatic N) is 2. The van der Waals surface area contributed by atoms with E-state index in [0.29, 0.717) is 12.2 Å². The zero-order valence-electron chi connectivity index (χ0n) is 10.8. The van der Waals surface area contributed by atoms with Gasteiger partial charge in [0, 0.05) is 12.1 Å². The first-order chi connectivity index (χ1) is 9.08. The number of benzene rings is 1. The van der Waals surface area contributed by atoms with Crippen molar-refractivity contribution in [1.29, 1.82) is 0 Å². The van der Waals surface area contributed by atoms with Gasteiger partial charge in [0.15, 0.2) is 0 Å². The van der Waals surface area contributed by atoms with Gasteiger partial charge in [-0.3, -0.25) is 10.5 Å². The fourth-order valence-corrected chi connectivity index (χ4v) is 2.15. The summed E-state index contributed by atoms with van der Waals surface area (Å²) < 4.78 is 29.4. The molecule has 2 rings (SSSR count). The van der Waals surface area contributed by atoms with Gasteiger partial charge in [-0.2, -0.15) is 5.10 Å². The molecule has 0 saturated heterocycles. The van der Waals surface area contributed by atoms with Crippen molar-refractivity contribution in [3.63, 3.8) is 0 Å². The van der Waals surface area contributed by atoms with E-state index in [4.69, 9.17) is 5.84 Å². The molecule has 0 aliphatic rings. The Bertz CT molecular complexity index is 560. The Hall–Kier alpha value is -1.79. The van der Waals surface area contributed by atoms with Crippen LogP contribution in [0.15, 0.2) is 24.3 Å². The van der Waals surface area contributed by atoms with Gasteiger partial charge in [-0.1, -0.05) is 6.07 Å². The van der Waals surface area contributed by atoms with Crippen molar-refractivity contribution in [2.75, 3.05) is 0 Å². The first kappa shape index (κ1) is 13.6. The van der Waals surface area contributed by atoms with Gasteiger partial charge in [-0.15, -0.1) is 0 Å². The van der Waals surface area contributed by atoms with Crippen LogP contribution >= 0.6 is 0 Å². The highest BCUT2D eigenvalue weighted by atomic mass is 19.1. The molecule has 0 aliphatic carbocycles. The SMILES string of the molecule is CCn1nc(C)cc1C(NN)c1c(F)cccc1F. The molecule has 0 radical (unpaired) electrons. The van der Waals surface area contributed by atoms with Gasteiger partial charge >= 0.3 is 0 Å². The van der Waals surface area contributed by atoms with Crippen molar-refractivity contribution in [2.45, 2.75) is 26.4 Å². The molecule has 0 bridgehead atoms. The summed E-state index contributed by atoms with van der Waals surface area (Å²) in [5.41, 5.74) is 3.77. The van der Waals surface area contributed by atoms with Gasteiger partial charge in [0.05, 0.1) is 17.4 Å². The fourth-order valence-electron chi connectivity index (χ4n) is 2.15. The molecule has 0 saturated carbocycles. The lowest BCUT2D eigenvalue weighted by Crippen LogP contribution is -2.32. The third-order valence-corrected chi connectivity index (χ3v) is 2.98. The lowest BCUT2D eigenvalue weighted by molar-refractivity contribution is 0.483. The van der Waals surface area contributed by atoms with E-state index in [1.807, 2.05) is 13.8 Å². The minimum Gasteiger partial charge on any atom is -0.271 e. The summed E-state index contributed by atoms with van der Waals surface area (Å²) in [6, 6.07) is 4.73. The van der Waals surface area contributed by atoms with Crippen molar-refractivity contribution < 1.29 is 8.78 Å². The predicted octanol–water partition coefficient (Wildman–Crippen LogP) is 2.04. The Morgan fingerprint density at radius 3 is 2.53 bits per heavy atom. The van der Waals surface area contributed by atoms with Crippen LogP contribution in [0.5, 0.6) is 0 Å². The summed E-state index contributed by atoms with van der Waals surface area (Å²) in [5, 5.41) is 4.26. The van der Waals surface area contributed by atoms with Gasteiger partial charge in [0.1, 0.15) is 11.6 Å². The summed E-state index contributed by atoms with van der Waals surface area (Å²) in [6.07, 6.45) is 0. The minimum absolute atomic E-state index is 0.0976. The molecule has 1 atom stereocenters. The monoisotopic (exact) mass is 266 g/mol. The molecule has 102 valence electrons. The zero-order valence-corrected chi connectivity index (χ0v) is 10.8. The minimum atomic E-state index is -0.776. The number of nitrogens with one attached hydrogen (secondary N) is 1. The van der Waals surface area contributed by atoms with Crippen molar-refractivity contribution in [2.24, 2.45) is 5.84 Å². The molecule has 1 heterocycles. The lowest BCUT2D eigenvalue weighted by atomic mass is 10.0. The molecule has 0 fully saturated rings. The Labute approximate surface area is 110 Å². The number of aryl methyl sites for hydroxylation is 2. The van der Waals surface area contributed by atoms with Crippen molar-refractivity contribution >= 4 is 0 Å². The molecule has 19 heavy (non-hydrogen) atoms. The highest BCUT2D eigenvalue weighted by Gasteiger charge is 2.24. The number of halogens is 2. The number of aromatic nitrogens is 2. The zero-order chi connectivity index (χ0) is 14.0. The largest absolute Gasteiger partial charge is 0.271 e. The van der Waals surface area contributed by atoms with Crippen LogP contribution in [0, 0.1) is 18.6 Å². The summed E-state index contributed by atoms with van der Waals surface area (Å²) in [7, 11) is 0. The van der Waals surface area contributed by atoms with Gasteiger partial charge in [0.2, 0.25) is 0 Å². The molecule has 1 unspecified atom stereocenters. The Morgan fingerprint density at radius 1 is 1.37 bits per heavy atom. The first-order valence-corrected chi connectivity index (χ1v) is 6.02. The number of rotatable bonds is 4. The molecular formula is C13H16F2N4. The number of hydrogen-bond acceptors (Lipinski definition) is 3. The molecule has 0 amide bonds. The van der Waals surface area contributed by atoms with Crippen LogP contribution in [0.2, 0.25) is 0 Å². The second-order valence-electron chi connectivity index (χ2n) is 4.26. The van der Waals surface area contributed by atoms with Crippen LogP contribution in [0.3, 0.4) is 0 Å². The van der Waals surface area contributed by atoms with Crippen molar-refractivity contribution in [1.82, 2.24) is 15.2 Å². The maximum absolute atomic E-state index is 13.9. The highest BCUT2D eigenvalue weighted by molar-refractivity contribution is 5.31. The molecule has 2 aromatic rings. The van der Waals surface area contributed by atoms with E-state index in [1.165, 1.54) is 18.2 Å². The van der Waals surface area contributed by atoms with Crippen LogP contribution < -0.4 is 11.3 Å². The molecule has 0 spiro atoms. The maximum atomic E-state index is 13.9. The van der Waals surface area contributed by atoms with Crippen molar-refractivity contribution in [3.05, 3.63) is 52.9 Å². The van der Waals surface area contributed by atoms with Crippen LogP contribution in [0.1, 0.15) is 29.9 Å². The fraction of sp³-hybridized carbons (Fsp3) is 0.308. The quantitative estimate of drug-likeness (QED) is 0.657. The van der Waals surface area contributed by atoms with E-state index in [0.717, 1.165) is 5.69 Å². The smallest absolute Gasteiger partial charge is 0.131 e. The van der Waals surface area contributed by atoms with E-state index in [-0.39, 0.29) is 5.56 Å². The van der Waals surface area contributed by atoms with Gasteiger partial charge in [-0.25, -0.2) is 14.2 Å². The first-order valence-electron chi connectivity index (χ1n) is 6.02. The molecule has 0 aliphatic heterocycles. The van der Waals surface area contributed by atoms with Crippen LogP contribution in [-0.2, 0) is 6.54 Å². The van der Waals surface area contributed by atoms with Gasteiger partial charge in [-0.05, 0) is 32.0 Å². The molecule has 1 aromatic carbocycles. The Morgan fingerprint density at radius 2 is 2.00 bits per heavy atom. The Balaban J connectivity index is 2.56. The normalized spacial score (nSPS) is 12.7. The summed E-state index contributed by atoms with van der Waals surface area (Å²) >= 11 is 0. The third kappa shape index (κ3) is 2.50.